The van der Waals surface area contributed by atoms with Gasteiger partial charge in [0.05, 0.1) is 33.7 Å². The monoisotopic (exact) mass is 609 g/mol. The van der Waals surface area contributed by atoms with E-state index in [1.807, 2.05) is 19.1 Å². The molecule has 0 aliphatic carbocycles. The third-order valence-corrected chi connectivity index (χ3v) is 9.75. The lowest BCUT2D eigenvalue weighted by molar-refractivity contribution is -0.122. The van der Waals surface area contributed by atoms with Crippen LogP contribution in [0.4, 0.5) is 11.4 Å². The molecule has 11 heteroatoms. The highest BCUT2D eigenvalue weighted by Crippen LogP contribution is 2.53. The number of hydrogen-bond acceptors (Lipinski definition) is 7. The number of aryl methyl sites for hydroxylation is 1. The maximum Gasteiger partial charge on any atom is 0.308 e. The van der Waals surface area contributed by atoms with Gasteiger partial charge in [0.2, 0.25) is 17.7 Å². The SMILES string of the molecule is Cc1ccc(NC(=O)Cn2c3c(sc2=O)[C@@H](c2ccco2)[C@@H]2C(=O)N(c4ccc(Br)cc4)C(=O)[C@@H]2S3)cc1. The highest BCUT2D eigenvalue weighted by molar-refractivity contribution is 9.10. The van der Waals surface area contributed by atoms with Crippen molar-refractivity contribution in [1.29, 1.82) is 0 Å². The molecule has 2 aliphatic rings. The van der Waals surface area contributed by atoms with Crippen LogP contribution in [0, 0.1) is 12.8 Å². The van der Waals surface area contributed by atoms with Gasteiger partial charge in [-0.25, -0.2) is 4.90 Å². The molecule has 0 bridgehead atoms. The van der Waals surface area contributed by atoms with E-state index < -0.39 is 17.1 Å². The quantitative estimate of drug-likeness (QED) is 0.319. The third-order valence-electron chi connectivity index (χ3n) is 6.62. The molecule has 0 unspecified atom stereocenters. The summed E-state index contributed by atoms with van der Waals surface area (Å²) in [5.41, 5.74) is 2.17. The molecular formula is C27H20BrN3O5S2. The Morgan fingerprint density at radius 2 is 1.76 bits per heavy atom. The predicted molar refractivity (Wildman–Crippen MR) is 149 cm³/mol. The molecule has 4 aromatic rings. The number of anilines is 2. The first-order valence-corrected chi connectivity index (χ1v) is 14.2. The maximum absolute atomic E-state index is 13.7. The minimum Gasteiger partial charge on any atom is -0.469 e. The van der Waals surface area contributed by atoms with Crippen LogP contribution >= 0.6 is 39.0 Å². The molecule has 38 heavy (non-hydrogen) atoms. The van der Waals surface area contributed by atoms with Crippen LogP contribution in [0.3, 0.4) is 0 Å². The van der Waals surface area contributed by atoms with Crippen LogP contribution in [0.25, 0.3) is 0 Å². The zero-order chi connectivity index (χ0) is 26.6. The van der Waals surface area contributed by atoms with E-state index >= 15 is 0 Å². The van der Waals surface area contributed by atoms with E-state index in [1.165, 1.54) is 27.5 Å². The number of benzene rings is 2. The Hall–Kier alpha value is -3.41. The molecule has 8 nitrogen and oxygen atoms in total. The van der Waals surface area contributed by atoms with Crippen molar-refractivity contribution < 1.29 is 18.8 Å². The summed E-state index contributed by atoms with van der Waals surface area (Å²) in [6.45, 7) is 1.74. The molecule has 0 spiro atoms. The Balaban J connectivity index is 1.38. The molecule has 6 rings (SSSR count). The van der Waals surface area contributed by atoms with Gasteiger partial charge in [-0.05, 0) is 55.5 Å². The zero-order valence-electron chi connectivity index (χ0n) is 19.9. The maximum atomic E-state index is 13.7. The van der Waals surface area contributed by atoms with E-state index in [2.05, 4.69) is 21.2 Å². The van der Waals surface area contributed by atoms with Gasteiger partial charge in [0.1, 0.15) is 17.6 Å². The lowest BCUT2D eigenvalue weighted by Gasteiger charge is -2.29. The highest BCUT2D eigenvalue weighted by Gasteiger charge is 2.57. The van der Waals surface area contributed by atoms with Crippen molar-refractivity contribution in [2.24, 2.45) is 5.92 Å². The summed E-state index contributed by atoms with van der Waals surface area (Å²) < 4.78 is 7.93. The van der Waals surface area contributed by atoms with Crippen LogP contribution in [0.1, 0.15) is 22.1 Å². The second-order valence-corrected chi connectivity index (χ2v) is 12.1. The van der Waals surface area contributed by atoms with Gasteiger partial charge in [0.15, 0.2) is 0 Å². The number of furan rings is 1. The number of fused-ring (bicyclic) bond motifs is 2. The lowest BCUT2D eigenvalue weighted by Crippen LogP contribution is -2.32. The van der Waals surface area contributed by atoms with Crippen molar-refractivity contribution in [3.63, 3.8) is 0 Å². The van der Waals surface area contributed by atoms with Gasteiger partial charge in [-0.2, -0.15) is 0 Å². The average Bonchev–Trinajstić information content (AvgIpc) is 3.59. The summed E-state index contributed by atoms with van der Waals surface area (Å²) >= 11 is 5.54. The van der Waals surface area contributed by atoms with Crippen molar-refractivity contribution in [1.82, 2.24) is 4.57 Å². The van der Waals surface area contributed by atoms with Gasteiger partial charge in [0.25, 0.3) is 0 Å². The van der Waals surface area contributed by atoms with Gasteiger partial charge in [-0.3, -0.25) is 23.7 Å². The van der Waals surface area contributed by atoms with Crippen molar-refractivity contribution in [2.75, 3.05) is 10.2 Å². The van der Waals surface area contributed by atoms with Crippen LogP contribution in [-0.2, 0) is 20.9 Å². The molecule has 4 heterocycles. The molecule has 2 aliphatic heterocycles. The van der Waals surface area contributed by atoms with E-state index in [0.717, 1.165) is 21.4 Å². The Morgan fingerprint density at radius 1 is 1.03 bits per heavy atom. The van der Waals surface area contributed by atoms with E-state index in [9.17, 15) is 19.2 Å². The zero-order valence-corrected chi connectivity index (χ0v) is 23.1. The molecule has 1 saturated heterocycles. The molecule has 2 aromatic heterocycles. The topological polar surface area (TPSA) is 102 Å². The van der Waals surface area contributed by atoms with Crippen LogP contribution in [0.2, 0.25) is 0 Å². The van der Waals surface area contributed by atoms with Gasteiger partial charge < -0.3 is 9.73 Å². The van der Waals surface area contributed by atoms with Crippen LogP contribution in [0.5, 0.6) is 0 Å². The number of amides is 3. The van der Waals surface area contributed by atoms with Crippen LogP contribution in [0.15, 0.2) is 85.6 Å². The number of nitrogens with one attached hydrogen (secondary N) is 1. The molecule has 3 amide bonds. The van der Waals surface area contributed by atoms with Gasteiger partial charge >= 0.3 is 4.87 Å². The minimum absolute atomic E-state index is 0.216. The fourth-order valence-electron chi connectivity index (χ4n) is 4.86. The Labute approximate surface area is 233 Å². The number of thioether (sulfide) groups is 1. The molecule has 1 fully saturated rings. The number of imide groups is 1. The lowest BCUT2D eigenvalue weighted by atomic mass is 9.87. The first kappa shape index (κ1) is 24.9. The Kier molecular flexibility index (Phi) is 6.37. The van der Waals surface area contributed by atoms with E-state index in [4.69, 9.17) is 4.42 Å². The summed E-state index contributed by atoms with van der Waals surface area (Å²) in [6.07, 6.45) is 1.51. The largest absolute Gasteiger partial charge is 0.469 e. The summed E-state index contributed by atoms with van der Waals surface area (Å²) in [5, 5.41) is 2.57. The number of nitrogens with zero attached hydrogens (tertiary/aromatic N) is 2. The van der Waals surface area contributed by atoms with E-state index in [0.29, 0.717) is 27.0 Å². The van der Waals surface area contributed by atoms with Gasteiger partial charge in [0, 0.05) is 10.2 Å². The minimum atomic E-state index is -0.769. The Morgan fingerprint density at radius 3 is 2.45 bits per heavy atom. The first-order chi connectivity index (χ1) is 18.3. The number of carbonyl (C=O) groups excluding carboxylic acids is 3. The van der Waals surface area contributed by atoms with Crippen molar-refractivity contribution in [3.8, 4) is 0 Å². The highest BCUT2D eigenvalue weighted by atomic mass is 79.9. The first-order valence-electron chi connectivity index (χ1n) is 11.8. The molecule has 2 aromatic carbocycles. The van der Waals surface area contributed by atoms with Crippen molar-refractivity contribution in [2.45, 2.75) is 29.7 Å². The predicted octanol–water partition coefficient (Wildman–Crippen LogP) is 5.01. The smallest absolute Gasteiger partial charge is 0.308 e. The molecule has 1 N–H and O–H groups in total. The molecule has 192 valence electrons. The molecular weight excluding hydrogens is 590 g/mol. The summed E-state index contributed by atoms with van der Waals surface area (Å²) in [5.74, 6) is -1.93. The third kappa shape index (κ3) is 4.24. The molecule has 3 atom stereocenters. The molecule has 0 radical (unpaired) electrons. The number of thiazole rings is 1. The number of carbonyl (C=O) groups is 3. The number of rotatable bonds is 5. The van der Waals surface area contributed by atoms with Crippen molar-refractivity contribution >= 4 is 68.1 Å². The fourth-order valence-corrected chi connectivity index (χ4v) is 7.87. The van der Waals surface area contributed by atoms with Gasteiger partial charge in [-0.15, -0.1) is 0 Å². The second-order valence-electron chi connectivity index (χ2n) is 9.08. The summed E-state index contributed by atoms with van der Waals surface area (Å²) in [6, 6.07) is 17.8. The average molecular weight is 611 g/mol. The summed E-state index contributed by atoms with van der Waals surface area (Å²) in [4.78, 5) is 54.9. The van der Waals surface area contributed by atoms with Crippen LogP contribution < -0.4 is 15.1 Å². The van der Waals surface area contributed by atoms with Gasteiger partial charge in [-0.1, -0.05) is 56.7 Å². The number of hydrogen-bond donors (Lipinski definition) is 1. The second kappa shape index (κ2) is 9.72. The van der Waals surface area contributed by atoms with E-state index in [-0.39, 0.29) is 29.1 Å². The number of aromatic nitrogens is 1. The van der Waals surface area contributed by atoms with E-state index in [1.54, 1.807) is 48.5 Å². The number of halogens is 1. The van der Waals surface area contributed by atoms with Crippen molar-refractivity contribution in [3.05, 3.63) is 97.3 Å². The fraction of sp³-hybridized carbons (Fsp3) is 0.185. The summed E-state index contributed by atoms with van der Waals surface area (Å²) in [7, 11) is 0. The Bertz CT molecular complexity index is 1610. The molecule has 0 saturated carbocycles. The standard InChI is InChI=1S/C27H20BrN3O5S2/c1-14-4-8-16(9-5-14)29-19(32)13-30-26-23(38-27(30)35)20(18-3-2-12-36-18)21-22(37-26)25(34)31(24(21)33)17-10-6-15(28)7-11-17/h2-12,20-22H,13H2,1H3,(H,29,32)/t20-,21-,22+/m0/s1. The normalized spacial score (nSPS) is 20.4. The van der Waals surface area contributed by atoms with Crippen LogP contribution in [-0.4, -0.2) is 27.5 Å².